The number of allylic oxidation sites excluding steroid dienone is 8. The summed E-state index contributed by atoms with van der Waals surface area (Å²) in [7, 11) is 0. The van der Waals surface area contributed by atoms with Crippen molar-refractivity contribution in [2.24, 2.45) is 0 Å². The summed E-state index contributed by atoms with van der Waals surface area (Å²) >= 11 is 0. The molecule has 354 valence electrons. The minimum Gasteiger partial charge on any atom is -0.462 e. The van der Waals surface area contributed by atoms with Crippen molar-refractivity contribution in [1.82, 2.24) is 0 Å². The van der Waals surface area contributed by atoms with Gasteiger partial charge in [-0.25, -0.2) is 0 Å². The van der Waals surface area contributed by atoms with Crippen LogP contribution in [0.25, 0.3) is 0 Å². The summed E-state index contributed by atoms with van der Waals surface area (Å²) in [5, 5.41) is 0. The van der Waals surface area contributed by atoms with Gasteiger partial charge in [-0.05, 0) is 77.0 Å². The van der Waals surface area contributed by atoms with Crippen molar-refractivity contribution < 1.29 is 28.6 Å². The number of hydrogen-bond acceptors (Lipinski definition) is 6. The molecule has 0 saturated carbocycles. The smallest absolute Gasteiger partial charge is 0.306 e. The fourth-order valence-electron chi connectivity index (χ4n) is 7.33. The second kappa shape index (κ2) is 50.0. The molecule has 0 aromatic carbocycles. The van der Waals surface area contributed by atoms with E-state index in [1.54, 1.807) is 0 Å². The number of ether oxygens (including phenoxy) is 3. The average molecular weight is 855 g/mol. The molecule has 0 saturated heterocycles. The number of carbonyl (C=O) groups excluding carboxylic acids is 3. The van der Waals surface area contributed by atoms with Crippen molar-refractivity contribution >= 4 is 17.9 Å². The Kier molecular flexibility index (Phi) is 47.9. The molecule has 1 unspecified atom stereocenters. The lowest BCUT2D eigenvalue weighted by Crippen LogP contribution is -2.30. The van der Waals surface area contributed by atoms with Crippen molar-refractivity contribution in [3.05, 3.63) is 48.6 Å². The lowest BCUT2D eigenvalue weighted by atomic mass is 10.0. The van der Waals surface area contributed by atoms with E-state index in [1.165, 1.54) is 135 Å². The van der Waals surface area contributed by atoms with E-state index in [2.05, 4.69) is 69.4 Å². The van der Waals surface area contributed by atoms with Gasteiger partial charge in [0.05, 0.1) is 0 Å². The maximum Gasteiger partial charge on any atom is 0.306 e. The maximum absolute atomic E-state index is 12.8. The molecule has 0 bridgehead atoms. The van der Waals surface area contributed by atoms with Crippen LogP contribution in [0.5, 0.6) is 0 Å². The van der Waals surface area contributed by atoms with Gasteiger partial charge in [0.15, 0.2) is 6.10 Å². The molecule has 61 heavy (non-hydrogen) atoms. The largest absolute Gasteiger partial charge is 0.462 e. The van der Waals surface area contributed by atoms with E-state index in [-0.39, 0.29) is 31.1 Å². The van der Waals surface area contributed by atoms with E-state index >= 15 is 0 Å². The molecule has 0 radical (unpaired) electrons. The monoisotopic (exact) mass is 855 g/mol. The maximum atomic E-state index is 12.8. The molecule has 0 spiro atoms. The summed E-state index contributed by atoms with van der Waals surface area (Å²) in [5.74, 6) is -0.895. The minimum atomic E-state index is -0.778. The molecule has 0 N–H and O–H groups in total. The van der Waals surface area contributed by atoms with Gasteiger partial charge in [0.1, 0.15) is 13.2 Å². The predicted molar refractivity (Wildman–Crippen MR) is 261 cm³/mol. The molecule has 6 heteroatoms. The summed E-state index contributed by atoms with van der Waals surface area (Å²) in [6.45, 7) is 6.54. The molecule has 0 fully saturated rings. The lowest BCUT2D eigenvalue weighted by molar-refractivity contribution is -0.167. The molecule has 0 aliphatic rings. The van der Waals surface area contributed by atoms with Crippen molar-refractivity contribution in [1.29, 1.82) is 0 Å². The topological polar surface area (TPSA) is 78.9 Å². The zero-order valence-electron chi connectivity index (χ0n) is 40.4. The molecular weight excluding hydrogens is 757 g/mol. The third kappa shape index (κ3) is 48.3. The summed E-state index contributed by atoms with van der Waals surface area (Å²) in [5.41, 5.74) is 0. The van der Waals surface area contributed by atoms with Crippen molar-refractivity contribution in [3.63, 3.8) is 0 Å². The molecule has 0 aliphatic heterocycles. The van der Waals surface area contributed by atoms with Crippen LogP contribution in [0.15, 0.2) is 48.6 Å². The molecule has 0 aromatic heterocycles. The number of rotatable bonds is 47. The van der Waals surface area contributed by atoms with Crippen molar-refractivity contribution in [2.75, 3.05) is 13.2 Å². The average Bonchev–Trinajstić information content (AvgIpc) is 3.26. The third-order valence-electron chi connectivity index (χ3n) is 11.3. The zero-order chi connectivity index (χ0) is 44.4. The van der Waals surface area contributed by atoms with E-state index in [0.29, 0.717) is 19.3 Å². The number of unbranched alkanes of at least 4 members (excludes halogenated alkanes) is 28. The van der Waals surface area contributed by atoms with Crippen LogP contribution in [0.3, 0.4) is 0 Å². The first-order chi connectivity index (χ1) is 30.0. The van der Waals surface area contributed by atoms with Crippen LogP contribution in [0, 0.1) is 0 Å². The minimum absolute atomic E-state index is 0.0799. The molecule has 6 nitrogen and oxygen atoms in total. The van der Waals surface area contributed by atoms with Gasteiger partial charge in [0, 0.05) is 19.3 Å². The summed E-state index contributed by atoms with van der Waals surface area (Å²) in [6, 6.07) is 0. The van der Waals surface area contributed by atoms with Crippen LogP contribution in [0.1, 0.15) is 265 Å². The first-order valence-corrected chi connectivity index (χ1v) is 26.1. The van der Waals surface area contributed by atoms with Gasteiger partial charge in [-0.3, -0.25) is 14.4 Å². The van der Waals surface area contributed by atoms with E-state index in [9.17, 15) is 14.4 Å². The summed E-state index contributed by atoms with van der Waals surface area (Å²) < 4.78 is 16.8. The van der Waals surface area contributed by atoms with E-state index in [1.807, 2.05) is 0 Å². The van der Waals surface area contributed by atoms with Crippen molar-refractivity contribution in [2.45, 2.75) is 271 Å². The number of esters is 3. The van der Waals surface area contributed by atoms with Crippen LogP contribution in [0.4, 0.5) is 0 Å². The quantitative estimate of drug-likeness (QED) is 0.0263. The van der Waals surface area contributed by atoms with Gasteiger partial charge in [-0.2, -0.15) is 0 Å². The summed E-state index contributed by atoms with van der Waals surface area (Å²) in [4.78, 5) is 37.9. The van der Waals surface area contributed by atoms with E-state index in [4.69, 9.17) is 14.2 Å². The molecule has 0 aliphatic carbocycles. The molecular formula is C55H98O6. The Bertz CT molecular complexity index is 1070. The van der Waals surface area contributed by atoms with E-state index < -0.39 is 6.10 Å². The highest BCUT2D eigenvalue weighted by molar-refractivity contribution is 5.71. The first kappa shape index (κ1) is 58.4. The Labute approximate surface area is 378 Å². The number of carbonyl (C=O) groups is 3. The lowest BCUT2D eigenvalue weighted by Gasteiger charge is -2.18. The van der Waals surface area contributed by atoms with Crippen LogP contribution < -0.4 is 0 Å². The van der Waals surface area contributed by atoms with E-state index in [0.717, 1.165) is 89.9 Å². The van der Waals surface area contributed by atoms with Gasteiger partial charge in [-0.15, -0.1) is 0 Å². The highest BCUT2D eigenvalue weighted by atomic mass is 16.6. The molecule has 0 amide bonds. The van der Waals surface area contributed by atoms with Crippen molar-refractivity contribution in [3.8, 4) is 0 Å². The van der Waals surface area contributed by atoms with Crippen LogP contribution in [-0.2, 0) is 28.6 Å². The normalized spacial score (nSPS) is 12.4. The second-order valence-corrected chi connectivity index (χ2v) is 17.4. The van der Waals surface area contributed by atoms with Gasteiger partial charge < -0.3 is 14.2 Å². The van der Waals surface area contributed by atoms with Gasteiger partial charge in [0.2, 0.25) is 0 Å². The van der Waals surface area contributed by atoms with Crippen LogP contribution in [0.2, 0.25) is 0 Å². The SMILES string of the molecule is CCC/C=C\CCCCCCCC(=O)OCC(COC(=O)CCCCCCCC/C=C\C/C=C\C/C=C\CCCCC)OC(=O)CCCCCCCCCCCCCCCC. The molecule has 0 heterocycles. The Morgan fingerprint density at radius 2 is 0.623 bits per heavy atom. The van der Waals surface area contributed by atoms with Crippen LogP contribution in [-0.4, -0.2) is 37.2 Å². The van der Waals surface area contributed by atoms with Gasteiger partial charge in [0.25, 0.3) is 0 Å². The molecule has 1 atom stereocenters. The Hall–Kier alpha value is -2.63. The molecule has 0 rings (SSSR count). The highest BCUT2D eigenvalue weighted by Crippen LogP contribution is 2.15. The molecule has 0 aromatic rings. The fourth-order valence-corrected chi connectivity index (χ4v) is 7.33. The Morgan fingerprint density at radius 1 is 0.328 bits per heavy atom. The zero-order valence-corrected chi connectivity index (χ0v) is 40.4. The Balaban J connectivity index is 4.34. The second-order valence-electron chi connectivity index (χ2n) is 17.4. The van der Waals surface area contributed by atoms with Gasteiger partial charge >= 0.3 is 17.9 Å². The summed E-state index contributed by atoms with van der Waals surface area (Å²) in [6.07, 6.45) is 59.5. The fraction of sp³-hybridized carbons (Fsp3) is 0.800. The number of hydrogen-bond donors (Lipinski definition) is 0. The third-order valence-corrected chi connectivity index (χ3v) is 11.3. The standard InChI is InChI=1S/C55H98O6/c1-4-7-10-13-16-19-22-24-26-27-28-29-30-32-33-36-39-42-45-48-54(57)60-51-52(50-59-53(56)47-44-41-38-35-21-18-15-12-9-6-3)61-55(58)49-46-43-40-37-34-31-25-23-20-17-14-11-8-5-2/h12,15-16,19,24,26,28-29,52H,4-11,13-14,17-18,20-23,25,27,30-51H2,1-3H3/b15-12-,19-16-,26-24-,29-28-. The first-order valence-electron chi connectivity index (χ1n) is 26.1. The van der Waals surface area contributed by atoms with Crippen LogP contribution >= 0.6 is 0 Å². The van der Waals surface area contributed by atoms with Gasteiger partial charge in [-0.1, -0.05) is 217 Å². The Morgan fingerprint density at radius 3 is 1.03 bits per heavy atom. The predicted octanol–water partition coefficient (Wildman–Crippen LogP) is 17.1. The highest BCUT2D eigenvalue weighted by Gasteiger charge is 2.19.